The Morgan fingerprint density at radius 1 is 0.786 bits per heavy atom. The van der Waals surface area contributed by atoms with Gasteiger partial charge in [0.1, 0.15) is 0 Å². The highest BCUT2D eigenvalue weighted by atomic mass is 19.4. The van der Waals surface area contributed by atoms with E-state index < -0.39 is 23.5 Å². The first kappa shape index (κ1) is 19.7. The maximum Gasteiger partial charge on any atom is 0.430 e. The number of nitrogens with zero attached hydrogens (tertiary/aromatic N) is 1. The van der Waals surface area contributed by atoms with Crippen LogP contribution in [0.4, 0.5) is 32.2 Å². The summed E-state index contributed by atoms with van der Waals surface area (Å²) in [5.41, 5.74) is 1.17. The Labute approximate surface area is 154 Å². The predicted molar refractivity (Wildman–Crippen MR) is 89.9 cm³/mol. The SMILES string of the molecule is Nc1n[nH]c(-c2ccccc2)c1-c1ccc(C(O)(C(F)(F)F)C(F)(F)F)cc1. The van der Waals surface area contributed by atoms with Crippen LogP contribution in [0.25, 0.3) is 22.4 Å². The fourth-order valence-corrected chi connectivity index (χ4v) is 2.83. The highest BCUT2D eigenvalue weighted by Crippen LogP contribution is 2.50. The summed E-state index contributed by atoms with van der Waals surface area (Å²) in [5, 5.41) is 16.0. The van der Waals surface area contributed by atoms with Crippen LogP contribution >= 0.6 is 0 Å². The van der Waals surface area contributed by atoms with E-state index in [1.54, 1.807) is 30.3 Å². The number of hydrogen-bond donors (Lipinski definition) is 3. The third-order valence-corrected chi connectivity index (χ3v) is 4.27. The Hall–Kier alpha value is -3.01. The van der Waals surface area contributed by atoms with Gasteiger partial charge in [-0.2, -0.15) is 31.4 Å². The number of benzene rings is 2. The van der Waals surface area contributed by atoms with Gasteiger partial charge in [0.25, 0.3) is 5.60 Å². The van der Waals surface area contributed by atoms with Gasteiger partial charge in [-0.3, -0.25) is 5.10 Å². The molecule has 0 radical (unpaired) electrons. The Morgan fingerprint density at radius 3 is 1.82 bits per heavy atom. The summed E-state index contributed by atoms with van der Waals surface area (Å²) in [6.07, 6.45) is -11.9. The number of halogens is 6. The number of nitrogens with one attached hydrogen (secondary N) is 1. The van der Waals surface area contributed by atoms with E-state index in [0.717, 1.165) is 12.1 Å². The molecule has 0 amide bonds. The van der Waals surface area contributed by atoms with Gasteiger partial charge < -0.3 is 10.8 Å². The van der Waals surface area contributed by atoms with Crippen LogP contribution in [-0.2, 0) is 5.60 Å². The number of aromatic nitrogens is 2. The lowest BCUT2D eigenvalue weighted by Gasteiger charge is -2.32. The Balaban J connectivity index is 2.09. The largest absolute Gasteiger partial charge is 0.430 e. The average Bonchev–Trinajstić information content (AvgIpc) is 3.01. The molecular formula is C18H13F6N3O. The van der Waals surface area contributed by atoms with Gasteiger partial charge in [0.05, 0.1) is 11.3 Å². The second kappa shape index (κ2) is 6.55. The quantitative estimate of drug-likeness (QED) is 0.560. The number of nitrogen functional groups attached to an aromatic ring is 1. The summed E-state index contributed by atoms with van der Waals surface area (Å²) in [7, 11) is 0. The van der Waals surface area contributed by atoms with E-state index in [4.69, 9.17) is 5.73 Å². The molecule has 0 aliphatic carbocycles. The van der Waals surface area contributed by atoms with Crippen LogP contribution in [0.3, 0.4) is 0 Å². The molecule has 0 bridgehead atoms. The van der Waals surface area contributed by atoms with Crippen molar-refractivity contribution in [1.82, 2.24) is 10.2 Å². The van der Waals surface area contributed by atoms with Crippen molar-refractivity contribution in [2.45, 2.75) is 18.0 Å². The molecule has 148 valence electrons. The summed E-state index contributed by atoms with van der Waals surface area (Å²) < 4.78 is 78.0. The first-order chi connectivity index (χ1) is 13.0. The third kappa shape index (κ3) is 3.09. The van der Waals surface area contributed by atoms with Gasteiger partial charge in [-0.15, -0.1) is 0 Å². The van der Waals surface area contributed by atoms with E-state index in [0.29, 0.717) is 29.0 Å². The van der Waals surface area contributed by atoms with Gasteiger partial charge in [0, 0.05) is 11.1 Å². The van der Waals surface area contributed by atoms with Crippen molar-refractivity contribution in [2.75, 3.05) is 5.73 Å². The van der Waals surface area contributed by atoms with E-state index >= 15 is 0 Å². The standard InChI is InChI=1S/C18H13F6N3O/c19-17(20,21)16(28,18(22,23)24)12-8-6-10(7-9-12)13-14(26-27-15(13)25)11-4-2-1-3-5-11/h1-9,28H,(H3,25,26,27). The summed E-state index contributed by atoms with van der Waals surface area (Å²) in [4.78, 5) is 0. The third-order valence-electron chi connectivity index (χ3n) is 4.27. The molecule has 0 spiro atoms. The van der Waals surface area contributed by atoms with Gasteiger partial charge in [-0.25, -0.2) is 0 Å². The zero-order valence-corrected chi connectivity index (χ0v) is 13.9. The molecule has 1 aromatic heterocycles. The molecule has 0 saturated carbocycles. The topological polar surface area (TPSA) is 74.9 Å². The molecule has 0 saturated heterocycles. The molecule has 10 heteroatoms. The number of anilines is 1. The van der Waals surface area contributed by atoms with Crippen molar-refractivity contribution in [3.63, 3.8) is 0 Å². The summed E-state index contributed by atoms with van der Waals surface area (Å²) in [5.74, 6) is 0.0218. The molecule has 0 aliphatic heterocycles. The Morgan fingerprint density at radius 2 is 1.32 bits per heavy atom. The number of hydrogen-bond acceptors (Lipinski definition) is 3. The van der Waals surface area contributed by atoms with E-state index in [2.05, 4.69) is 10.2 Å². The highest BCUT2D eigenvalue weighted by Gasteiger charge is 2.71. The van der Waals surface area contributed by atoms with Gasteiger partial charge in [-0.05, 0) is 5.56 Å². The molecule has 3 rings (SSSR count). The Bertz CT molecular complexity index is 948. The lowest BCUT2D eigenvalue weighted by atomic mass is 9.90. The molecule has 0 atom stereocenters. The molecule has 0 unspecified atom stereocenters. The first-order valence-corrected chi connectivity index (χ1v) is 7.83. The van der Waals surface area contributed by atoms with Crippen LogP contribution < -0.4 is 5.73 Å². The van der Waals surface area contributed by atoms with Crippen LogP contribution in [0.15, 0.2) is 54.6 Å². The van der Waals surface area contributed by atoms with Gasteiger partial charge in [0.2, 0.25) is 0 Å². The molecule has 4 N–H and O–H groups in total. The van der Waals surface area contributed by atoms with E-state index in [-0.39, 0.29) is 11.4 Å². The maximum absolute atomic E-state index is 13.0. The van der Waals surface area contributed by atoms with Crippen molar-refractivity contribution in [3.05, 3.63) is 60.2 Å². The second-order valence-corrected chi connectivity index (χ2v) is 6.01. The zero-order chi connectivity index (χ0) is 20.7. The number of aliphatic hydroxyl groups is 1. The minimum absolute atomic E-state index is 0.0218. The molecule has 3 aromatic rings. The lowest BCUT2D eigenvalue weighted by molar-refractivity contribution is -0.376. The molecular weight excluding hydrogens is 388 g/mol. The number of H-pyrrole nitrogens is 1. The van der Waals surface area contributed by atoms with Crippen LogP contribution in [0, 0.1) is 0 Å². The fourth-order valence-electron chi connectivity index (χ4n) is 2.83. The monoisotopic (exact) mass is 401 g/mol. The van der Waals surface area contributed by atoms with Crippen molar-refractivity contribution >= 4 is 5.82 Å². The molecule has 4 nitrogen and oxygen atoms in total. The summed E-state index contributed by atoms with van der Waals surface area (Å²) in [6.45, 7) is 0. The first-order valence-electron chi connectivity index (χ1n) is 7.83. The average molecular weight is 401 g/mol. The van der Waals surface area contributed by atoms with Crippen LogP contribution in [0.2, 0.25) is 0 Å². The molecule has 28 heavy (non-hydrogen) atoms. The normalized spacial score (nSPS) is 13.0. The Kier molecular flexibility index (Phi) is 4.62. The maximum atomic E-state index is 13.0. The van der Waals surface area contributed by atoms with E-state index in [9.17, 15) is 31.4 Å². The van der Waals surface area contributed by atoms with E-state index in [1.165, 1.54) is 0 Å². The fraction of sp³-hybridized carbons (Fsp3) is 0.167. The summed E-state index contributed by atoms with van der Waals surface area (Å²) in [6, 6.07) is 11.9. The van der Waals surface area contributed by atoms with Crippen molar-refractivity contribution in [3.8, 4) is 22.4 Å². The number of aromatic amines is 1. The van der Waals surface area contributed by atoms with Crippen LogP contribution in [0.5, 0.6) is 0 Å². The molecule has 0 fully saturated rings. The lowest BCUT2D eigenvalue weighted by Crippen LogP contribution is -2.53. The molecule has 2 aromatic carbocycles. The van der Waals surface area contributed by atoms with Crippen LogP contribution in [-0.4, -0.2) is 27.7 Å². The minimum atomic E-state index is -5.95. The zero-order valence-electron chi connectivity index (χ0n) is 13.9. The number of nitrogens with two attached hydrogens (primary N) is 1. The number of alkyl halides is 6. The van der Waals surface area contributed by atoms with Crippen molar-refractivity contribution in [2.24, 2.45) is 0 Å². The predicted octanol–water partition coefficient (Wildman–Crippen LogP) is 4.64. The minimum Gasteiger partial charge on any atom is -0.382 e. The van der Waals surface area contributed by atoms with E-state index in [1.807, 2.05) is 0 Å². The smallest absolute Gasteiger partial charge is 0.382 e. The highest BCUT2D eigenvalue weighted by molar-refractivity contribution is 5.87. The van der Waals surface area contributed by atoms with Crippen molar-refractivity contribution in [1.29, 1.82) is 0 Å². The van der Waals surface area contributed by atoms with Gasteiger partial charge in [-0.1, -0.05) is 54.6 Å². The summed E-state index contributed by atoms with van der Waals surface area (Å²) >= 11 is 0. The molecule has 0 aliphatic rings. The van der Waals surface area contributed by atoms with Crippen molar-refractivity contribution < 1.29 is 31.4 Å². The van der Waals surface area contributed by atoms with Gasteiger partial charge >= 0.3 is 12.4 Å². The van der Waals surface area contributed by atoms with Crippen LogP contribution in [0.1, 0.15) is 5.56 Å². The number of rotatable bonds is 3. The second-order valence-electron chi connectivity index (χ2n) is 6.01. The van der Waals surface area contributed by atoms with Gasteiger partial charge in [0.15, 0.2) is 5.82 Å². The molecule has 1 heterocycles.